The van der Waals surface area contributed by atoms with Crippen LogP contribution in [0.5, 0.6) is 0 Å². The van der Waals surface area contributed by atoms with Crippen LogP contribution in [0.1, 0.15) is 11.1 Å². The van der Waals surface area contributed by atoms with Gasteiger partial charge in [0.25, 0.3) is 0 Å². The van der Waals surface area contributed by atoms with Gasteiger partial charge < -0.3 is 0 Å². The number of rotatable bonds is 2. The van der Waals surface area contributed by atoms with Crippen molar-refractivity contribution in [1.29, 1.82) is 0 Å². The van der Waals surface area contributed by atoms with E-state index in [4.69, 9.17) is 4.98 Å². The second-order valence-electron chi connectivity index (χ2n) is 8.17. The molecular formula is C29H21NS. The van der Waals surface area contributed by atoms with Crippen LogP contribution < -0.4 is 0 Å². The quantitative estimate of drug-likeness (QED) is 0.258. The highest BCUT2D eigenvalue weighted by molar-refractivity contribution is 7.22. The van der Waals surface area contributed by atoms with Gasteiger partial charge in [-0.3, -0.25) is 4.98 Å². The molecule has 2 heterocycles. The predicted molar refractivity (Wildman–Crippen MR) is 135 cm³/mol. The van der Waals surface area contributed by atoms with E-state index in [9.17, 15) is 0 Å². The number of aryl methyl sites for hydroxylation is 2. The van der Waals surface area contributed by atoms with Gasteiger partial charge in [-0.1, -0.05) is 66.7 Å². The molecule has 6 rings (SSSR count). The molecule has 1 nitrogen and oxygen atoms in total. The van der Waals surface area contributed by atoms with Crippen LogP contribution in [0.25, 0.3) is 53.3 Å². The number of thiophene rings is 1. The first-order valence-corrected chi connectivity index (χ1v) is 11.4. The first-order chi connectivity index (χ1) is 15.2. The SMILES string of the molecule is Cc1cccc(C)c1-c1cc2c(-c3ccc4c(ccc5ccccc54)c3)nccc2s1. The number of hydrogen-bond donors (Lipinski definition) is 0. The van der Waals surface area contributed by atoms with Gasteiger partial charge in [0.2, 0.25) is 0 Å². The molecule has 148 valence electrons. The van der Waals surface area contributed by atoms with E-state index < -0.39 is 0 Å². The Hall–Kier alpha value is -3.49. The zero-order valence-corrected chi connectivity index (χ0v) is 18.3. The molecule has 0 fully saturated rings. The van der Waals surface area contributed by atoms with E-state index >= 15 is 0 Å². The molecule has 2 aromatic heterocycles. The maximum atomic E-state index is 4.80. The molecule has 4 aromatic carbocycles. The van der Waals surface area contributed by atoms with E-state index in [0.29, 0.717) is 0 Å². The molecule has 0 radical (unpaired) electrons. The van der Waals surface area contributed by atoms with Crippen LogP contribution in [-0.4, -0.2) is 4.98 Å². The molecule has 0 bridgehead atoms. The molecule has 0 saturated carbocycles. The normalized spacial score (nSPS) is 11.5. The van der Waals surface area contributed by atoms with Gasteiger partial charge in [-0.2, -0.15) is 0 Å². The number of nitrogens with zero attached hydrogens (tertiary/aromatic N) is 1. The molecule has 31 heavy (non-hydrogen) atoms. The van der Waals surface area contributed by atoms with Crippen molar-refractivity contribution in [2.45, 2.75) is 13.8 Å². The molecule has 0 aliphatic rings. The van der Waals surface area contributed by atoms with E-state index in [2.05, 4.69) is 98.8 Å². The Morgan fingerprint density at radius 2 is 1.42 bits per heavy atom. The van der Waals surface area contributed by atoms with E-state index in [1.165, 1.54) is 58.8 Å². The van der Waals surface area contributed by atoms with Crippen LogP contribution >= 0.6 is 11.3 Å². The Bertz CT molecular complexity index is 1590. The van der Waals surface area contributed by atoms with Gasteiger partial charge in [0.15, 0.2) is 0 Å². The van der Waals surface area contributed by atoms with Gasteiger partial charge in [-0.25, -0.2) is 0 Å². The lowest BCUT2D eigenvalue weighted by Gasteiger charge is -2.08. The summed E-state index contributed by atoms with van der Waals surface area (Å²) in [6.45, 7) is 4.39. The second kappa shape index (κ2) is 7.04. The summed E-state index contributed by atoms with van der Waals surface area (Å²) >= 11 is 1.85. The average Bonchev–Trinajstić information content (AvgIpc) is 3.22. The van der Waals surface area contributed by atoms with Gasteiger partial charge >= 0.3 is 0 Å². The zero-order chi connectivity index (χ0) is 20.9. The van der Waals surface area contributed by atoms with E-state index in [1.807, 2.05) is 17.5 Å². The summed E-state index contributed by atoms with van der Waals surface area (Å²) in [7, 11) is 0. The molecular weight excluding hydrogens is 394 g/mol. The fourth-order valence-corrected chi connectivity index (χ4v) is 5.91. The molecule has 0 unspecified atom stereocenters. The van der Waals surface area contributed by atoms with Crippen molar-refractivity contribution in [2.24, 2.45) is 0 Å². The third kappa shape index (κ3) is 2.95. The topological polar surface area (TPSA) is 12.9 Å². The lowest BCUT2D eigenvalue weighted by molar-refractivity contribution is 1.37. The monoisotopic (exact) mass is 415 g/mol. The first-order valence-electron chi connectivity index (χ1n) is 10.6. The van der Waals surface area contributed by atoms with Gasteiger partial charge in [0.1, 0.15) is 0 Å². The maximum Gasteiger partial charge on any atom is 0.0789 e. The molecule has 0 saturated heterocycles. The van der Waals surface area contributed by atoms with Crippen LogP contribution in [-0.2, 0) is 0 Å². The van der Waals surface area contributed by atoms with Gasteiger partial charge in [0.05, 0.1) is 5.69 Å². The summed E-state index contributed by atoms with van der Waals surface area (Å²) in [6.07, 6.45) is 1.94. The van der Waals surface area contributed by atoms with Crippen LogP contribution in [0.3, 0.4) is 0 Å². The maximum absolute atomic E-state index is 4.80. The van der Waals surface area contributed by atoms with Crippen molar-refractivity contribution in [3.8, 4) is 21.7 Å². The first kappa shape index (κ1) is 18.3. The third-order valence-corrected chi connectivity index (χ3v) is 7.31. The average molecular weight is 416 g/mol. The Kier molecular flexibility index (Phi) is 4.15. The lowest BCUT2D eigenvalue weighted by atomic mass is 9.98. The number of hydrogen-bond acceptors (Lipinski definition) is 2. The van der Waals surface area contributed by atoms with Crippen LogP contribution in [0.15, 0.2) is 91.1 Å². The molecule has 0 amide bonds. The Morgan fingerprint density at radius 1 is 0.645 bits per heavy atom. The zero-order valence-electron chi connectivity index (χ0n) is 17.5. The number of pyridine rings is 1. The van der Waals surface area contributed by atoms with Crippen molar-refractivity contribution in [2.75, 3.05) is 0 Å². The fraction of sp³-hybridized carbons (Fsp3) is 0.0690. The smallest absolute Gasteiger partial charge is 0.0789 e. The van der Waals surface area contributed by atoms with Crippen molar-refractivity contribution in [1.82, 2.24) is 4.98 Å². The molecule has 0 atom stereocenters. The van der Waals surface area contributed by atoms with Crippen molar-refractivity contribution < 1.29 is 0 Å². The second-order valence-corrected chi connectivity index (χ2v) is 9.26. The van der Waals surface area contributed by atoms with Crippen LogP contribution in [0.2, 0.25) is 0 Å². The molecule has 2 heteroatoms. The molecule has 0 aliphatic carbocycles. The fourth-order valence-electron chi connectivity index (χ4n) is 4.68. The summed E-state index contributed by atoms with van der Waals surface area (Å²) in [5, 5.41) is 6.34. The van der Waals surface area contributed by atoms with Crippen molar-refractivity contribution in [3.63, 3.8) is 0 Å². The highest BCUT2D eigenvalue weighted by Gasteiger charge is 2.14. The standard InChI is InChI=1S/C29H21NS/c1-18-6-5-7-19(2)28(18)27-17-25-26(31-27)14-15-30-29(25)22-12-13-24-21(16-22)11-10-20-8-3-4-9-23(20)24/h3-17H,1-2H3. The summed E-state index contributed by atoms with van der Waals surface area (Å²) in [6, 6.07) is 30.7. The molecule has 0 aliphatic heterocycles. The summed E-state index contributed by atoms with van der Waals surface area (Å²) in [4.78, 5) is 6.12. The largest absolute Gasteiger partial charge is 0.256 e. The van der Waals surface area contributed by atoms with Gasteiger partial charge in [-0.05, 0) is 70.3 Å². The van der Waals surface area contributed by atoms with Crippen molar-refractivity contribution in [3.05, 3.63) is 102 Å². The van der Waals surface area contributed by atoms with Crippen molar-refractivity contribution >= 4 is 43.0 Å². The van der Waals surface area contributed by atoms with E-state index in [1.54, 1.807) is 0 Å². The van der Waals surface area contributed by atoms with Crippen LogP contribution in [0, 0.1) is 13.8 Å². The van der Waals surface area contributed by atoms with E-state index in [-0.39, 0.29) is 0 Å². The summed E-state index contributed by atoms with van der Waals surface area (Å²) in [5.41, 5.74) is 6.21. The van der Waals surface area contributed by atoms with Crippen LogP contribution in [0.4, 0.5) is 0 Å². The highest BCUT2D eigenvalue weighted by atomic mass is 32.1. The Morgan fingerprint density at radius 3 is 2.29 bits per heavy atom. The van der Waals surface area contributed by atoms with E-state index in [0.717, 1.165) is 5.69 Å². The Labute approximate surface area is 185 Å². The highest BCUT2D eigenvalue weighted by Crippen LogP contribution is 2.40. The Balaban J connectivity index is 1.55. The lowest BCUT2D eigenvalue weighted by Crippen LogP contribution is -1.85. The minimum atomic E-state index is 1.06. The summed E-state index contributed by atoms with van der Waals surface area (Å²) in [5.74, 6) is 0. The molecule has 0 spiro atoms. The predicted octanol–water partition coefficient (Wildman–Crippen LogP) is 8.55. The van der Waals surface area contributed by atoms with Gasteiger partial charge in [0, 0.05) is 26.7 Å². The minimum Gasteiger partial charge on any atom is -0.256 e. The van der Waals surface area contributed by atoms with Gasteiger partial charge in [-0.15, -0.1) is 11.3 Å². The summed E-state index contributed by atoms with van der Waals surface area (Å²) < 4.78 is 1.28. The third-order valence-electron chi connectivity index (χ3n) is 6.19. The number of fused-ring (bicyclic) bond motifs is 4. The molecule has 6 aromatic rings. The molecule has 0 N–H and O–H groups in total. The number of benzene rings is 4. The number of aromatic nitrogens is 1. The minimum absolute atomic E-state index is 1.06.